The zero-order chi connectivity index (χ0) is 18.9. The van der Waals surface area contributed by atoms with E-state index in [0.29, 0.717) is 25.9 Å². The SMILES string of the molecule is CN(CC(=O)N1CCC2(CC1)C(C(=O)O)CC(=O)N2C)c1ccccc1. The smallest absolute Gasteiger partial charge is 0.309 e. The molecular weight excluding hydrogens is 334 g/mol. The Morgan fingerprint density at radius 3 is 2.42 bits per heavy atom. The van der Waals surface area contributed by atoms with E-state index in [1.807, 2.05) is 42.3 Å². The molecule has 1 unspecified atom stereocenters. The largest absolute Gasteiger partial charge is 0.481 e. The second kappa shape index (κ2) is 6.97. The topological polar surface area (TPSA) is 81.2 Å². The standard InChI is InChI=1S/C19H25N3O4/c1-20(14-6-4-3-5-7-14)13-17(24)22-10-8-19(9-11-22)15(18(25)26)12-16(23)21(19)2/h3-7,15H,8-13H2,1-2H3,(H,25,26). The molecule has 140 valence electrons. The van der Waals surface area contributed by atoms with E-state index >= 15 is 0 Å². The molecular formula is C19H25N3O4. The summed E-state index contributed by atoms with van der Waals surface area (Å²) < 4.78 is 0. The van der Waals surface area contributed by atoms with Gasteiger partial charge in [0.25, 0.3) is 0 Å². The minimum absolute atomic E-state index is 0.0186. The average molecular weight is 359 g/mol. The van der Waals surface area contributed by atoms with Crippen molar-refractivity contribution in [2.24, 2.45) is 5.92 Å². The van der Waals surface area contributed by atoms with E-state index in [4.69, 9.17) is 0 Å². The fraction of sp³-hybridized carbons (Fsp3) is 0.526. The zero-order valence-corrected chi connectivity index (χ0v) is 15.2. The first kappa shape index (κ1) is 18.2. The number of rotatable bonds is 4. The van der Waals surface area contributed by atoms with Crippen molar-refractivity contribution in [3.05, 3.63) is 30.3 Å². The molecule has 3 rings (SSSR count). The predicted molar refractivity (Wildman–Crippen MR) is 96.8 cm³/mol. The highest BCUT2D eigenvalue weighted by Gasteiger charge is 2.55. The summed E-state index contributed by atoms with van der Waals surface area (Å²) in [5.41, 5.74) is 0.312. The summed E-state index contributed by atoms with van der Waals surface area (Å²) >= 11 is 0. The van der Waals surface area contributed by atoms with E-state index in [1.165, 1.54) is 0 Å². The van der Waals surface area contributed by atoms with E-state index < -0.39 is 17.4 Å². The lowest BCUT2D eigenvalue weighted by Gasteiger charge is -2.45. The van der Waals surface area contributed by atoms with Crippen LogP contribution in [0.25, 0.3) is 0 Å². The van der Waals surface area contributed by atoms with Crippen LogP contribution in [0.4, 0.5) is 5.69 Å². The normalized spacial score (nSPS) is 21.9. The van der Waals surface area contributed by atoms with Gasteiger partial charge in [-0.3, -0.25) is 14.4 Å². The lowest BCUT2D eigenvalue weighted by Crippen LogP contribution is -2.57. The van der Waals surface area contributed by atoms with Crippen LogP contribution in [0, 0.1) is 5.92 Å². The first-order chi connectivity index (χ1) is 12.3. The molecule has 1 aromatic rings. The molecule has 2 saturated heterocycles. The molecule has 2 amide bonds. The van der Waals surface area contributed by atoms with Gasteiger partial charge in [-0.2, -0.15) is 0 Å². The number of anilines is 1. The maximum absolute atomic E-state index is 12.6. The highest BCUT2D eigenvalue weighted by Crippen LogP contribution is 2.42. The molecule has 2 fully saturated rings. The number of likely N-dealkylation sites (N-methyl/N-ethyl adjacent to an activating group) is 1. The van der Waals surface area contributed by atoms with E-state index in [0.717, 1.165) is 5.69 Å². The Morgan fingerprint density at radius 1 is 1.23 bits per heavy atom. The van der Waals surface area contributed by atoms with Crippen molar-refractivity contribution in [1.82, 2.24) is 9.80 Å². The fourth-order valence-electron chi connectivity index (χ4n) is 4.20. The number of likely N-dealkylation sites (tertiary alicyclic amines) is 2. The molecule has 2 aliphatic heterocycles. The molecule has 1 spiro atoms. The molecule has 1 aromatic carbocycles. The lowest BCUT2D eigenvalue weighted by atomic mass is 9.77. The third-order valence-electron chi connectivity index (χ3n) is 5.92. The van der Waals surface area contributed by atoms with Crippen molar-refractivity contribution < 1.29 is 19.5 Å². The predicted octanol–water partition coefficient (Wildman–Crippen LogP) is 1.05. The van der Waals surface area contributed by atoms with Crippen LogP contribution in [0.2, 0.25) is 0 Å². The maximum atomic E-state index is 12.6. The van der Waals surface area contributed by atoms with Crippen LogP contribution in [0.1, 0.15) is 19.3 Å². The molecule has 1 atom stereocenters. The molecule has 7 nitrogen and oxygen atoms in total. The Kier molecular flexibility index (Phi) is 4.89. The number of para-hydroxylation sites is 1. The first-order valence-corrected chi connectivity index (χ1v) is 8.88. The number of carboxylic acids is 1. The van der Waals surface area contributed by atoms with Crippen LogP contribution < -0.4 is 4.90 Å². The van der Waals surface area contributed by atoms with Gasteiger partial charge in [0.15, 0.2) is 0 Å². The van der Waals surface area contributed by atoms with E-state index in [9.17, 15) is 19.5 Å². The minimum atomic E-state index is -0.925. The summed E-state index contributed by atoms with van der Waals surface area (Å²) in [4.78, 5) is 41.6. The van der Waals surface area contributed by atoms with Crippen molar-refractivity contribution >= 4 is 23.5 Å². The van der Waals surface area contributed by atoms with E-state index in [1.54, 1.807) is 16.8 Å². The number of hydrogen-bond donors (Lipinski definition) is 1. The van der Waals surface area contributed by atoms with Gasteiger partial charge >= 0.3 is 5.97 Å². The summed E-state index contributed by atoms with van der Waals surface area (Å²) in [6, 6.07) is 9.70. The Labute approximate surface area is 153 Å². The van der Waals surface area contributed by atoms with Crippen LogP contribution in [0.15, 0.2) is 30.3 Å². The number of amides is 2. The van der Waals surface area contributed by atoms with Gasteiger partial charge in [0, 0.05) is 39.3 Å². The van der Waals surface area contributed by atoms with Crippen LogP contribution in [0.5, 0.6) is 0 Å². The summed E-state index contributed by atoms with van der Waals surface area (Å²) in [5, 5.41) is 9.52. The molecule has 7 heteroatoms. The van der Waals surface area contributed by atoms with Crippen LogP contribution in [-0.4, -0.2) is 72.0 Å². The fourth-order valence-corrected chi connectivity index (χ4v) is 4.20. The maximum Gasteiger partial charge on any atom is 0.309 e. The summed E-state index contributed by atoms with van der Waals surface area (Å²) in [7, 11) is 3.56. The monoisotopic (exact) mass is 359 g/mol. The number of piperidine rings is 1. The number of nitrogens with zero attached hydrogens (tertiary/aromatic N) is 3. The van der Waals surface area contributed by atoms with Gasteiger partial charge < -0.3 is 19.8 Å². The van der Waals surface area contributed by atoms with Gasteiger partial charge in [-0.25, -0.2) is 0 Å². The van der Waals surface area contributed by atoms with Crippen molar-refractivity contribution in [2.75, 3.05) is 38.6 Å². The van der Waals surface area contributed by atoms with Crippen LogP contribution in [0.3, 0.4) is 0 Å². The van der Waals surface area contributed by atoms with Gasteiger partial charge in [0.1, 0.15) is 0 Å². The van der Waals surface area contributed by atoms with E-state index in [-0.39, 0.29) is 24.8 Å². The highest BCUT2D eigenvalue weighted by atomic mass is 16.4. The summed E-state index contributed by atoms with van der Waals surface area (Å²) in [6.07, 6.45) is 1.07. The molecule has 0 saturated carbocycles. The average Bonchev–Trinajstić information content (AvgIpc) is 2.88. The number of carboxylic acid groups (broad SMARTS) is 1. The Hall–Kier alpha value is -2.57. The quantitative estimate of drug-likeness (QED) is 0.869. The highest BCUT2D eigenvalue weighted by molar-refractivity contribution is 5.88. The van der Waals surface area contributed by atoms with Gasteiger partial charge in [-0.1, -0.05) is 18.2 Å². The Morgan fingerprint density at radius 2 is 1.85 bits per heavy atom. The molecule has 0 aliphatic carbocycles. The van der Waals surface area contributed by atoms with Gasteiger partial charge in [-0.05, 0) is 25.0 Å². The van der Waals surface area contributed by atoms with Crippen molar-refractivity contribution in [3.63, 3.8) is 0 Å². The molecule has 1 N–H and O–H groups in total. The van der Waals surface area contributed by atoms with Gasteiger partial charge in [-0.15, -0.1) is 0 Å². The van der Waals surface area contributed by atoms with Crippen LogP contribution in [-0.2, 0) is 14.4 Å². The second-order valence-corrected chi connectivity index (χ2v) is 7.22. The minimum Gasteiger partial charge on any atom is -0.481 e. The zero-order valence-electron chi connectivity index (χ0n) is 15.2. The van der Waals surface area contributed by atoms with Crippen LogP contribution >= 0.6 is 0 Å². The van der Waals surface area contributed by atoms with Crippen molar-refractivity contribution in [2.45, 2.75) is 24.8 Å². The molecule has 0 aromatic heterocycles. The van der Waals surface area contributed by atoms with Crippen molar-refractivity contribution in [3.8, 4) is 0 Å². The Bertz CT molecular complexity index is 698. The molecule has 0 bridgehead atoms. The van der Waals surface area contributed by atoms with Crippen molar-refractivity contribution in [1.29, 1.82) is 0 Å². The number of hydrogen-bond acceptors (Lipinski definition) is 4. The van der Waals surface area contributed by atoms with E-state index in [2.05, 4.69) is 0 Å². The lowest BCUT2D eigenvalue weighted by molar-refractivity contribution is -0.146. The number of benzene rings is 1. The molecule has 0 radical (unpaired) electrons. The molecule has 26 heavy (non-hydrogen) atoms. The second-order valence-electron chi connectivity index (χ2n) is 7.22. The molecule has 2 heterocycles. The summed E-state index contributed by atoms with van der Waals surface area (Å²) in [6.45, 7) is 1.22. The third kappa shape index (κ3) is 3.13. The summed E-state index contributed by atoms with van der Waals surface area (Å²) in [5.74, 6) is -1.72. The van der Waals surface area contributed by atoms with Gasteiger partial charge in [0.05, 0.1) is 18.0 Å². The number of carbonyl (C=O) groups is 3. The van der Waals surface area contributed by atoms with Gasteiger partial charge in [0.2, 0.25) is 11.8 Å². The molecule has 2 aliphatic rings. The Balaban J connectivity index is 1.63. The third-order valence-corrected chi connectivity index (χ3v) is 5.92. The number of aliphatic carboxylic acids is 1. The first-order valence-electron chi connectivity index (χ1n) is 8.88. The number of carbonyl (C=O) groups excluding carboxylic acids is 2.